The van der Waals surface area contributed by atoms with Gasteiger partial charge in [0.1, 0.15) is 17.5 Å². The van der Waals surface area contributed by atoms with Gasteiger partial charge < -0.3 is 9.67 Å². The van der Waals surface area contributed by atoms with E-state index in [1.807, 2.05) is 24.7 Å². The van der Waals surface area contributed by atoms with Crippen molar-refractivity contribution in [1.29, 1.82) is 0 Å². The maximum absolute atomic E-state index is 10.8. The first-order valence-corrected chi connectivity index (χ1v) is 7.45. The average Bonchev–Trinajstić information content (AvgIpc) is 3.23. The first-order valence-electron chi connectivity index (χ1n) is 7.45. The minimum atomic E-state index is -0.665. The number of imidazole rings is 1. The number of nitrogens with zero attached hydrogens (tertiary/aromatic N) is 4. The second-order valence-electron chi connectivity index (χ2n) is 5.96. The lowest BCUT2D eigenvalue weighted by Gasteiger charge is -2.32. The topological polar surface area (TPSA) is 77.0 Å². The molecule has 0 spiro atoms. The molecule has 1 N–H and O–H groups in total. The Morgan fingerprint density at radius 3 is 3.09 bits per heavy atom. The molecule has 3 atom stereocenters. The summed E-state index contributed by atoms with van der Waals surface area (Å²) in [6, 6.07) is 8.41. The lowest BCUT2D eigenvalue weighted by atomic mass is 9.79. The fourth-order valence-corrected chi connectivity index (χ4v) is 3.92. The monoisotopic (exact) mass is 294 g/mol. The van der Waals surface area contributed by atoms with Gasteiger partial charge in [-0.15, -0.1) is 0 Å². The highest BCUT2D eigenvalue weighted by atomic mass is 16.6. The Hall–Kier alpha value is -2.47. The van der Waals surface area contributed by atoms with Crippen molar-refractivity contribution in [2.75, 3.05) is 0 Å². The maximum atomic E-state index is 10.8. The van der Waals surface area contributed by atoms with Gasteiger partial charge in [0.2, 0.25) is 0 Å². The third-order valence-corrected chi connectivity index (χ3v) is 4.91. The van der Waals surface area contributed by atoms with Crippen LogP contribution in [0.2, 0.25) is 0 Å². The number of hydrogen-bond acceptors (Lipinski definition) is 5. The summed E-state index contributed by atoms with van der Waals surface area (Å²) in [4.78, 5) is 4.28. The molecule has 1 aliphatic heterocycles. The Labute approximate surface area is 126 Å². The van der Waals surface area contributed by atoms with E-state index in [4.69, 9.17) is 4.63 Å². The van der Waals surface area contributed by atoms with E-state index in [0.717, 1.165) is 24.2 Å². The van der Waals surface area contributed by atoms with Crippen LogP contribution in [0.1, 0.15) is 35.5 Å². The Bertz CT molecular complexity index is 853. The van der Waals surface area contributed by atoms with Gasteiger partial charge in [0.15, 0.2) is 0 Å². The SMILES string of the molecule is OC1c2nonc2CCC1[C@@H]1c2ccccc2-c2cncn21. The number of rotatable bonds is 1. The van der Waals surface area contributed by atoms with Crippen molar-refractivity contribution in [2.24, 2.45) is 5.92 Å². The summed E-state index contributed by atoms with van der Waals surface area (Å²) in [5.41, 5.74) is 4.91. The van der Waals surface area contributed by atoms with Gasteiger partial charge in [-0.25, -0.2) is 9.61 Å². The molecule has 3 aromatic rings. The van der Waals surface area contributed by atoms with Crippen LogP contribution in [0.15, 0.2) is 41.4 Å². The van der Waals surface area contributed by atoms with Crippen molar-refractivity contribution in [3.8, 4) is 11.3 Å². The molecule has 2 unspecified atom stereocenters. The molecule has 0 saturated heterocycles. The van der Waals surface area contributed by atoms with Crippen molar-refractivity contribution in [2.45, 2.75) is 25.0 Å². The van der Waals surface area contributed by atoms with E-state index >= 15 is 0 Å². The molecule has 0 bridgehead atoms. The predicted molar refractivity (Wildman–Crippen MR) is 76.9 cm³/mol. The smallest absolute Gasteiger partial charge is 0.137 e. The molecule has 0 saturated carbocycles. The number of fused-ring (bicyclic) bond motifs is 4. The average molecular weight is 294 g/mol. The highest BCUT2D eigenvalue weighted by Crippen LogP contribution is 2.49. The van der Waals surface area contributed by atoms with E-state index in [-0.39, 0.29) is 12.0 Å². The second kappa shape index (κ2) is 4.27. The molecular weight excluding hydrogens is 280 g/mol. The fourth-order valence-electron chi connectivity index (χ4n) is 3.92. The van der Waals surface area contributed by atoms with E-state index in [0.29, 0.717) is 5.69 Å². The minimum absolute atomic E-state index is 0.0380. The van der Waals surface area contributed by atoms with Crippen LogP contribution in [0, 0.1) is 5.92 Å². The van der Waals surface area contributed by atoms with Crippen molar-refractivity contribution in [1.82, 2.24) is 19.9 Å². The maximum Gasteiger partial charge on any atom is 0.137 e. The molecule has 2 aliphatic rings. The van der Waals surface area contributed by atoms with Gasteiger partial charge in [0.05, 0.1) is 24.3 Å². The van der Waals surface area contributed by atoms with Gasteiger partial charge in [-0.05, 0) is 18.4 Å². The molecule has 2 aromatic heterocycles. The molecule has 0 fully saturated rings. The van der Waals surface area contributed by atoms with E-state index in [9.17, 15) is 5.11 Å². The molecule has 22 heavy (non-hydrogen) atoms. The van der Waals surface area contributed by atoms with E-state index in [2.05, 4.69) is 32.0 Å². The number of aryl methyl sites for hydroxylation is 1. The Morgan fingerprint density at radius 1 is 1.23 bits per heavy atom. The number of aromatic nitrogens is 4. The van der Waals surface area contributed by atoms with E-state index in [1.54, 1.807) is 0 Å². The molecule has 6 heteroatoms. The Kier molecular flexibility index (Phi) is 2.35. The normalized spacial score (nSPS) is 25.6. The van der Waals surface area contributed by atoms with Gasteiger partial charge in [0.25, 0.3) is 0 Å². The van der Waals surface area contributed by atoms with Crippen molar-refractivity contribution < 1.29 is 9.74 Å². The zero-order chi connectivity index (χ0) is 14.7. The van der Waals surface area contributed by atoms with Crippen LogP contribution in [-0.4, -0.2) is 25.0 Å². The molecule has 0 radical (unpaired) electrons. The van der Waals surface area contributed by atoms with E-state index in [1.165, 1.54) is 11.1 Å². The molecule has 110 valence electrons. The largest absolute Gasteiger partial charge is 0.386 e. The molecule has 3 heterocycles. The van der Waals surface area contributed by atoms with Crippen LogP contribution in [0.3, 0.4) is 0 Å². The van der Waals surface area contributed by atoms with Gasteiger partial charge in [-0.3, -0.25) is 0 Å². The number of aliphatic hydroxyl groups excluding tert-OH is 1. The van der Waals surface area contributed by atoms with Gasteiger partial charge in [-0.2, -0.15) is 0 Å². The number of benzene rings is 1. The first kappa shape index (κ1) is 12.1. The fraction of sp³-hybridized carbons (Fsp3) is 0.312. The van der Waals surface area contributed by atoms with E-state index < -0.39 is 6.10 Å². The third-order valence-electron chi connectivity index (χ3n) is 4.91. The first-order chi connectivity index (χ1) is 10.8. The predicted octanol–water partition coefficient (Wildman–Crippen LogP) is 2.13. The quantitative estimate of drug-likeness (QED) is 0.744. The van der Waals surface area contributed by atoms with Gasteiger partial charge >= 0.3 is 0 Å². The standard InChI is InChI=1S/C16H14N4O2/c21-16-11(5-6-12-14(16)19-22-18-12)15-10-4-2-1-3-9(10)13-7-17-8-20(13)15/h1-4,7-8,11,15-16,21H,5-6H2/t11?,15-,16?/m0/s1. The Balaban J connectivity index is 1.65. The Morgan fingerprint density at radius 2 is 2.14 bits per heavy atom. The van der Waals surface area contributed by atoms with Crippen LogP contribution < -0.4 is 0 Å². The molecular formula is C16H14N4O2. The molecule has 1 aromatic carbocycles. The minimum Gasteiger partial charge on any atom is -0.386 e. The van der Waals surface area contributed by atoms with Gasteiger partial charge in [-0.1, -0.05) is 34.6 Å². The number of aliphatic hydroxyl groups is 1. The van der Waals surface area contributed by atoms with Crippen LogP contribution in [0.5, 0.6) is 0 Å². The molecule has 0 amide bonds. The molecule has 6 nitrogen and oxygen atoms in total. The van der Waals surface area contributed by atoms with Crippen molar-refractivity contribution >= 4 is 0 Å². The summed E-state index contributed by atoms with van der Waals surface area (Å²) in [6.07, 6.45) is 4.70. The summed E-state index contributed by atoms with van der Waals surface area (Å²) in [6.45, 7) is 0. The van der Waals surface area contributed by atoms with Gasteiger partial charge in [0, 0.05) is 11.5 Å². The molecule has 5 rings (SSSR count). The van der Waals surface area contributed by atoms with Crippen LogP contribution in [0.25, 0.3) is 11.3 Å². The van der Waals surface area contributed by atoms with Crippen LogP contribution in [0.4, 0.5) is 0 Å². The van der Waals surface area contributed by atoms with Crippen LogP contribution in [-0.2, 0) is 6.42 Å². The highest BCUT2D eigenvalue weighted by molar-refractivity contribution is 5.69. The summed E-state index contributed by atoms with van der Waals surface area (Å²) in [5.74, 6) is 0.0380. The summed E-state index contributed by atoms with van der Waals surface area (Å²) in [5, 5.41) is 18.5. The summed E-state index contributed by atoms with van der Waals surface area (Å²) >= 11 is 0. The number of hydrogen-bond donors (Lipinski definition) is 1. The zero-order valence-corrected chi connectivity index (χ0v) is 11.8. The highest BCUT2D eigenvalue weighted by Gasteiger charge is 2.42. The van der Waals surface area contributed by atoms with Crippen molar-refractivity contribution in [3.63, 3.8) is 0 Å². The summed E-state index contributed by atoms with van der Waals surface area (Å²) in [7, 11) is 0. The van der Waals surface area contributed by atoms with Crippen LogP contribution >= 0.6 is 0 Å². The lowest BCUT2D eigenvalue weighted by Crippen LogP contribution is -2.28. The third kappa shape index (κ3) is 1.45. The zero-order valence-electron chi connectivity index (χ0n) is 11.8. The lowest BCUT2D eigenvalue weighted by molar-refractivity contribution is 0.0662. The summed E-state index contributed by atoms with van der Waals surface area (Å²) < 4.78 is 6.96. The molecule has 1 aliphatic carbocycles. The van der Waals surface area contributed by atoms with Crippen molar-refractivity contribution in [3.05, 3.63) is 53.7 Å². The second-order valence-corrected chi connectivity index (χ2v) is 5.96.